The van der Waals surface area contributed by atoms with Gasteiger partial charge in [0, 0.05) is 20.4 Å². The van der Waals surface area contributed by atoms with Crippen LogP contribution in [-0.4, -0.2) is 22.0 Å². The quantitative estimate of drug-likeness (QED) is 0.369. The van der Waals surface area contributed by atoms with Gasteiger partial charge in [-0.25, -0.2) is 4.98 Å². The highest BCUT2D eigenvalue weighted by atomic mass is 79.9. The van der Waals surface area contributed by atoms with Crippen molar-refractivity contribution < 1.29 is 4.74 Å². The van der Waals surface area contributed by atoms with Crippen LogP contribution in [0.1, 0.15) is 51.4 Å². The third-order valence-corrected chi connectivity index (χ3v) is 5.52. The monoisotopic (exact) mass is 519 g/mol. The van der Waals surface area contributed by atoms with Gasteiger partial charge in [0.15, 0.2) is 0 Å². The molecule has 0 bridgehead atoms. The van der Waals surface area contributed by atoms with Gasteiger partial charge in [-0.3, -0.25) is 4.79 Å². The van der Waals surface area contributed by atoms with Crippen molar-refractivity contribution in [3.8, 4) is 5.75 Å². The molecular formula is C22H23Br2N3O2. The molecule has 0 radical (unpaired) electrons. The number of benzene rings is 2. The number of ether oxygens (including phenoxy) is 1. The minimum Gasteiger partial charge on any atom is -0.490 e. The van der Waals surface area contributed by atoms with Crippen LogP contribution in [0.4, 0.5) is 0 Å². The fourth-order valence-corrected chi connectivity index (χ4v) is 3.62. The SMILES string of the molecule is CC[C@H](C)c1nc2ccc(Br)cc2c(=O)n1N=Cc1cc(Br)ccc1OC(C)C. The number of hydrogen-bond donors (Lipinski definition) is 0. The molecule has 0 fully saturated rings. The van der Waals surface area contributed by atoms with Crippen LogP contribution in [0.25, 0.3) is 10.9 Å². The molecular weight excluding hydrogens is 498 g/mol. The maximum Gasteiger partial charge on any atom is 0.282 e. The molecule has 0 aliphatic rings. The van der Waals surface area contributed by atoms with Crippen molar-refractivity contribution in [1.29, 1.82) is 0 Å². The van der Waals surface area contributed by atoms with Crippen molar-refractivity contribution in [3.05, 3.63) is 67.1 Å². The Balaban J connectivity index is 2.18. The van der Waals surface area contributed by atoms with E-state index in [1.807, 2.05) is 51.1 Å². The minimum atomic E-state index is -0.191. The molecule has 5 nitrogen and oxygen atoms in total. The third kappa shape index (κ3) is 4.95. The van der Waals surface area contributed by atoms with Gasteiger partial charge in [-0.1, -0.05) is 45.7 Å². The van der Waals surface area contributed by atoms with Crippen LogP contribution < -0.4 is 10.3 Å². The summed E-state index contributed by atoms with van der Waals surface area (Å²) in [6.07, 6.45) is 2.53. The van der Waals surface area contributed by atoms with Crippen molar-refractivity contribution in [2.24, 2.45) is 5.10 Å². The van der Waals surface area contributed by atoms with Gasteiger partial charge in [0.1, 0.15) is 11.6 Å². The molecule has 1 atom stereocenters. The first-order valence-electron chi connectivity index (χ1n) is 9.53. The summed E-state index contributed by atoms with van der Waals surface area (Å²) >= 11 is 6.92. The topological polar surface area (TPSA) is 56.5 Å². The van der Waals surface area contributed by atoms with E-state index in [4.69, 9.17) is 9.72 Å². The lowest BCUT2D eigenvalue weighted by atomic mass is 10.1. The van der Waals surface area contributed by atoms with Gasteiger partial charge in [0.25, 0.3) is 5.56 Å². The summed E-state index contributed by atoms with van der Waals surface area (Å²) in [5, 5.41) is 5.06. The molecule has 0 aliphatic heterocycles. The summed E-state index contributed by atoms with van der Waals surface area (Å²) < 4.78 is 9.02. The molecule has 2 aromatic carbocycles. The molecule has 3 rings (SSSR count). The third-order valence-electron chi connectivity index (χ3n) is 4.53. The fourth-order valence-electron chi connectivity index (χ4n) is 2.88. The van der Waals surface area contributed by atoms with E-state index < -0.39 is 0 Å². The van der Waals surface area contributed by atoms with Gasteiger partial charge >= 0.3 is 0 Å². The Morgan fingerprint density at radius 1 is 1.14 bits per heavy atom. The number of hydrogen-bond acceptors (Lipinski definition) is 4. The van der Waals surface area contributed by atoms with Gasteiger partial charge in [-0.2, -0.15) is 9.78 Å². The van der Waals surface area contributed by atoms with E-state index in [-0.39, 0.29) is 17.6 Å². The highest BCUT2D eigenvalue weighted by molar-refractivity contribution is 9.10. The van der Waals surface area contributed by atoms with Gasteiger partial charge in [-0.05, 0) is 56.7 Å². The zero-order valence-electron chi connectivity index (χ0n) is 16.8. The molecule has 29 heavy (non-hydrogen) atoms. The van der Waals surface area contributed by atoms with E-state index in [0.717, 1.165) is 20.9 Å². The van der Waals surface area contributed by atoms with Crippen molar-refractivity contribution in [3.63, 3.8) is 0 Å². The Morgan fingerprint density at radius 2 is 1.83 bits per heavy atom. The Kier molecular flexibility index (Phi) is 6.90. The summed E-state index contributed by atoms with van der Waals surface area (Å²) in [6, 6.07) is 11.2. The van der Waals surface area contributed by atoms with E-state index in [0.29, 0.717) is 22.5 Å². The summed E-state index contributed by atoms with van der Waals surface area (Å²) in [5.41, 5.74) is 1.26. The van der Waals surface area contributed by atoms with Crippen LogP contribution >= 0.6 is 31.9 Å². The Hall–Kier alpha value is -1.99. The normalized spacial score (nSPS) is 12.8. The molecule has 7 heteroatoms. The number of fused-ring (bicyclic) bond motifs is 1. The molecule has 0 spiro atoms. The van der Waals surface area contributed by atoms with Crippen molar-refractivity contribution in [1.82, 2.24) is 9.66 Å². The van der Waals surface area contributed by atoms with E-state index in [2.05, 4.69) is 43.9 Å². The first-order valence-corrected chi connectivity index (χ1v) is 11.1. The zero-order chi connectivity index (χ0) is 21.1. The number of nitrogens with zero attached hydrogens (tertiary/aromatic N) is 3. The molecule has 0 N–H and O–H groups in total. The number of halogens is 2. The maximum atomic E-state index is 13.2. The zero-order valence-corrected chi connectivity index (χ0v) is 20.0. The molecule has 0 amide bonds. The average molecular weight is 521 g/mol. The van der Waals surface area contributed by atoms with Crippen molar-refractivity contribution in [2.45, 2.75) is 46.1 Å². The first-order chi connectivity index (χ1) is 13.8. The molecule has 0 unspecified atom stereocenters. The van der Waals surface area contributed by atoms with E-state index >= 15 is 0 Å². The molecule has 3 aromatic rings. The molecule has 0 saturated heterocycles. The molecule has 152 valence electrons. The van der Waals surface area contributed by atoms with E-state index in [1.165, 1.54) is 4.68 Å². The van der Waals surface area contributed by atoms with Gasteiger partial charge in [0.2, 0.25) is 0 Å². The van der Waals surface area contributed by atoms with Crippen molar-refractivity contribution in [2.75, 3.05) is 0 Å². The average Bonchev–Trinajstić information content (AvgIpc) is 2.68. The van der Waals surface area contributed by atoms with Gasteiger partial charge in [0.05, 0.1) is 23.2 Å². The van der Waals surface area contributed by atoms with Gasteiger partial charge < -0.3 is 4.74 Å². The second kappa shape index (κ2) is 9.22. The largest absolute Gasteiger partial charge is 0.490 e. The maximum absolute atomic E-state index is 13.2. The van der Waals surface area contributed by atoms with Crippen LogP contribution in [0.15, 0.2) is 55.2 Å². The summed E-state index contributed by atoms with van der Waals surface area (Å²) in [7, 11) is 0. The van der Waals surface area contributed by atoms with Gasteiger partial charge in [-0.15, -0.1) is 0 Å². The molecule has 1 aromatic heterocycles. The fraction of sp³-hybridized carbons (Fsp3) is 0.318. The van der Waals surface area contributed by atoms with Crippen LogP contribution in [0, 0.1) is 0 Å². The van der Waals surface area contributed by atoms with Crippen LogP contribution in [0.2, 0.25) is 0 Å². The summed E-state index contributed by atoms with van der Waals surface area (Å²) in [5.74, 6) is 1.44. The summed E-state index contributed by atoms with van der Waals surface area (Å²) in [6.45, 7) is 8.06. The van der Waals surface area contributed by atoms with Crippen molar-refractivity contribution >= 4 is 49.0 Å². The minimum absolute atomic E-state index is 0.0291. The van der Waals surface area contributed by atoms with Crippen LogP contribution in [0.3, 0.4) is 0 Å². The van der Waals surface area contributed by atoms with E-state index in [9.17, 15) is 4.79 Å². The smallest absolute Gasteiger partial charge is 0.282 e. The number of rotatable bonds is 6. The second-order valence-corrected chi connectivity index (χ2v) is 8.98. The Morgan fingerprint density at radius 3 is 2.52 bits per heavy atom. The standard InChI is InChI=1S/C22H23Br2N3O2/c1-5-14(4)21-26-19-8-6-17(24)11-18(19)22(28)27(21)25-12-15-10-16(23)7-9-20(15)29-13(2)3/h6-14H,5H2,1-4H3/t14-/m0/s1. The lowest BCUT2D eigenvalue weighted by Crippen LogP contribution is -2.23. The van der Waals surface area contributed by atoms with Crippen LogP contribution in [-0.2, 0) is 0 Å². The predicted octanol–water partition coefficient (Wildman–Crippen LogP) is 6.10. The highest BCUT2D eigenvalue weighted by Crippen LogP contribution is 2.24. The molecule has 0 aliphatic carbocycles. The van der Waals surface area contributed by atoms with E-state index in [1.54, 1.807) is 12.3 Å². The Labute approximate surface area is 187 Å². The second-order valence-electron chi connectivity index (χ2n) is 7.15. The highest BCUT2D eigenvalue weighted by Gasteiger charge is 2.16. The lowest BCUT2D eigenvalue weighted by Gasteiger charge is -2.15. The predicted molar refractivity (Wildman–Crippen MR) is 125 cm³/mol. The number of aromatic nitrogens is 2. The van der Waals surface area contributed by atoms with Crippen LogP contribution in [0.5, 0.6) is 5.75 Å². The first kappa shape index (κ1) is 21.7. The molecule has 0 saturated carbocycles. The molecule has 1 heterocycles. The summed E-state index contributed by atoms with van der Waals surface area (Å²) in [4.78, 5) is 18.0. The lowest BCUT2D eigenvalue weighted by molar-refractivity contribution is 0.242. The Bertz CT molecular complexity index is 1120.